The van der Waals surface area contributed by atoms with E-state index < -0.39 is 0 Å². The van der Waals surface area contributed by atoms with E-state index in [0.29, 0.717) is 0 Å². The molecule has 1 aromatic rings. The van der Waals surface area contributed by atoms with Gasteiger partial charge in [0, 0.05) is 16.7 Å². The Hall–Kier alpha value is -1.79. The molecule has 0 aliphatic carbocycles. The highest BCUT2D eigenvalue weighted by atomic mass is 32.2. The Morgan fingerprint density at radius 2 is 1.91 bits per heavy atom. The highest BCUT2D eigenvalue weighted by molar-refractivity contribution is 7.99. The summed E-state index contributed by atoms with van der Waals surface area (Å²) in [5.74, 6) is 0.552. The highest BCUT2D eigenvalue weighted by Crippen LogP contribution is 2.26. The standard InChI is InChI=1S/C17H25N3O2S/c1-5-10-23-15-9-7-6-8-14(15)19-17(22)12-20(4)11-16(21)18-13(2)3/h5-9,13H,1,10-12H2,2-4H3,(H,18,21)(H,19,22). The van der Waals surface area contributed by atoms with Crippen molar-refractivity contribution >= 4 is 29.3 Å². The number of carbonyl (C=O) groups excluding carboxylic acids is 2. The van der Waals surface area contributed by atoms with Crippen LogP contribution >= 0.6 is 11.8 Å². The first-order chi connectivity index (χ1) is 10.9. The van der Waals surface area contributed by atoms with Gasteiger partial charge in [0.2, 0.25) is 11.8 Å². The van der Waals surface area contributed by atoms with E-state index in [1.165, 1.54) is 0 Å². The number of para-hydroxylation sites is 1. The van der Waals surface area contributed by atoms with Crippen molar-refractivity contribution in [3.8, 4) is 0 Å². The van der Waals surface area contributed by atoms with Crippen molar-refractivity contribution in [2.24, 2.45) is 0 Å². The Morgan fingerprint density at radius 1 is 1.26 bits per heavy atom. The largest absolute Gasteiger partial charge is 0.353 e. The Labute approximate surface area is 142 Å². The van der Waals surface area contributed by atoms with Gasteiger partial charge >= 0.3 is 0 Å². The molecule has 1 rings (SSSR count). The van der Waals surface area contributed by atoms with E-state index in [0.717, 1.165) is 16.3 Å². The second kappa shape index (κ2) is 10.1. The van der Waals surface area contributed by atoms with Gasteiger partial charge in [-0.15, -0.1) is 18.3 Å². The van der Waals surface area contributed by atoms with Crippen LogP contribution < -0.4 is 10.6 Å². The SMILES string of the molecule is C=CCSc1ccccc1NC(=O)CN(C)CC(=O)NC(C)C. The lowest BCUT2D eigenvalue weighted by atomic mass is 10.3. The number of anilines is 1. The third-order valence-corrected chi connectivity index (χ3v) is 3.86. The minimum Gasteiger partial charge on any atom is -0.353 e. The van der Waals surface area contributed by atoms with Gasteiger partial charge in [0.1, 0.15) is 0 Å². The van der Waals surface area contributed by atoms with Crippen molar-refractivity contribution in [2.45, 2.75) is 24.8 Å². The average Bonchev–Trinajstić information content (AvgIpc) is 2.44. The van der Waals surface area contributed by atoms with Crippen molar-refractivity contribution in [3.63, 3.8) is 0 Å². The summed E-state index contributed by atoms with van der Waals surface area (Å²) in [7, 11) is 1.75. The number of likely N-dealkylation sites (N-methyl/N-ethyl adjacent to an activating group) is 1. The maximum Gasteiger partial charge on any atom is 0.238 e. The molecule has 1 aromatic carbocycles. The smallest absolute Gasteiger partial charge is 0.238 e. The van der Waals surface area contributed by atoms with E-state index in [1.807, 2.05) is 44.2 Å². The van der Waals surface area contributed by atoms with Gasteiger partial charge in [-0.2, -0.15) is 0 Å². The molecule has 0 aliphatic rings. The molecule has 23 heavy (non-hydrogen) atoms. The molecule has 0 saturated heterocycles. The minimum absolute atomic E-state index is 0.0859. The summed E-state index contributed by atoms with van der Waals surface area (Å²) in [6, 6.07) is 7.74. The molecule has 0 saturated carbocycles. The summed E-state index contributed by atoms with van der Waals surface area (Å²) in [6.45, 7) is 7.86. The topological polar surface area (TPSA) is 61.4 Å². The van der Waals surface area contributed by atoms with Gasteiger partial charge < -0.3 is 10.6 Å². The molecular formula is C17H25N3O2S. The molecule has 0 aromatic heterocycles. The molecule has 0 aliphatic heterocycles. The fraction of sp³-hybridized carbons (Fsp3) is 0.412. The quantitative estimate of drug-likeness (QED) is 0.537. The number of rotatable bonds is 9. The summed E-state index contributed by atoms with van der Waals surface area (Å²) >= 11 is 1.61. The minimum atomic E-state index is -0.142. The van der Waals surface area contributed by atoms with Gasteiger partial charge in [0.25, 0.3) is 0 Å². The molecule has 0 heterocycles. The molecule has 0 bridgehead atoms. The number of amides is 2. The van der Waals surface area contributed by atoms with Crippen LogP contribution in [0.5, 0.6) is 0 Å². The van der Waals surface area contributed by atoms with Gasteiger partial charge in [0.15, 0.2) is 0 Å². The van der Waals surface area contributed by atoms with Crippen LogP contribution in [0.4, 0.5) is 5.69 Å². The lowest BCUT2D eigenvalue weighted by Crippen LogP contribution is -2.41. The second-order valence-electron chi connectivity index (χ2n) is 5.54. The van der Waals surface area contributed by atoms with Crippen molar-refractivity contribution in [2.75, 3.05) is 31.2 Å². The molecule has 0 spiro atoms. The van der Waals surface area contributed by atoms with Crippen molar-refractivity contribution < 1.29 is 9.59 Å². The van der Waals surface area contributed by atoms with Crippen molar-refractivity contribution in [1.29, 1.82) is 0 Å². The summed E-state index contributed by atoms with van der Waals surface area (Å²) in [5, 5.41) is 5.70. The molecule has 2 N–H and O–H groups in total. The lowest BCUT2D eigenvalue weighted by Gasteiger charge is -2.17. The number of nitrogens with zero attached hydrogens (tertiary/aromatic N) is 1. The zero-order valence-corrected chi connectivity index (χ0v) is 14.8. The second-order valence-corrected chi connectivity index (χ2v) is 6.60. The normalized spacial score (nSPS) is 10.7. The summed E-state index contributed by atoms with van der Waals surface area (Å²) in [5.41, 5.74) is 0.782. The molecule has 0 fully saturated rings. The third kappa shape index (κ3) is 7.85. The van der Waals surface area contributed by atoms with Crippen LogP contribution in [0.15, 0.2) is 41.8 Å². The molecule has 6 heteroatoms. The van der Waals surface area contributed by atoms with Gasteiger partial charge in [-0.3, -0.25) is 14.5 Å². The number of thioether (sulfide) groups is 1. The third-order valence-electron chi connectivity index (χ3n) is 2.79. The van der Waals surface area contributed by atoms with Crippen LogP contribution in [0.3, 0.4) is 0 Å². The predicted molar refractivity (Wildman–Crippen MR) is 96.8 cm³/mol. The van der Waals surface area contributed by atoms with Gasteiger partial charge in [-0.25, -0.2) is 0 Å². The zero-order valence-electron chi connectivity index (χ0n) is 14.0. The van der Waals surface area contributed by atoms with Crippen LogP contribution in [0.1, 0.15) is 13.8 Å². The monoisotopic (exact) mass is 335 g/mol. The van der Waals surface area contributed by atoms with Crippen molar-refractivity contribution in [3.05, 3.63) is 36.9 Å². The Bertz CT molecular complexity index is 546. The Balaban J connectivity index is 2.53. The van der Waals surface area contributed by atoms with Gasteiger partial charge in [0.05, 0.1) is 18.8 Å². The van der Waals surface area contributed by atoms with E-state index in [4.69, 9.17) is 0 Å². The fourth-order valence-corrected chi connectivity index (χ4v) is 2.69. The van der Waals surface area contributed by atoms with E-state index >= 15 is 0 Å². The highest BCUT2D eigenvalue weighted by Gasteiger charge is 2.12. The first-order valence-corrected chi connectivity index (χ1v) is 8.51. The summed E-state index contributed by atoms with van der Waals surface area (Å²) in [6.07, 6.45) is 1.82. The number of nitrogens with one attached hydrogen (secondary N) is 2. The average molecular weight is 335 g/mol. The lowest BCUT2D eigenvalue weighted by molar-refractivity contribution is -0.123. The van der Waals surface area contributed by atoms with Gasteiger partial charge in [-0.1, -0.05) is 18.2 Å². The van der Waals surface area contributed by atoms with Crippen LogP contribution in [-0.2, 0) is 9.59 Å². The molecular weight excluding hydrogens is 310 g/mol. The van der Waals surface area contributed by atoms with Crippen LogP contribution in [0.25, 0.3) is 0 Å². The maximum atomic E-state index is 12.1. The van der Waals surface area contributed by atoms with E-state index in [9.17, 15) is 9.59 Å². The van der Waals surface area contributed by atoms with E-state index in [2.05, 4.69) is 17.2 Å². The van der Waals surface area contributed by atoms with Gasteiger partial charge in [-0.05, 0) is 33.0 Å². The van der Waals surface area contributed by atoms with Crippen LogP contribution in [-0.4, -0.2) is 48.6 Å². The van der Waals surface area contributed by atoms with E-state index in [1.54, 1.807) is 23.7 Å². The number of hydrogen-bond donors (Lipinski definition) is 2. The molecule has 5 nitrogen and oxygen atoms in total. The maximum absolute atomic E-state index is 12.1. The zero-order chi connectivity index (χ0) is 17.2. The van der Waals surface area contributed by atoms with Crippen LogP contribution in [0, 0.1) is 0 Å². The molecule has 126 valence electrons. The van der Waals surface area contributed by atoms with E-state index in [-0.39, 0.29) is 30.9 Å². The number of carbonyl (C=O) groups is 2. The fourth-order valence-electron chi connectivity index (χ4n) is 1.95. The predicted octanol–water partition coefficient (Wildman–Crippen LogP) is 2.36. The number of hydrogen-bond acceptors (Lipinski definition) is 4. The molecule has 0 unspecified atom stereocenters. The summed E-state index contributed by atoms with van der Waals surface area (Å²) < 4.78 is 0. The summed E-state index contributed by atoms with van der Waals surface area (Å²) in [4.78, 5) is 26.5. The van der Waals surface area contributed by atoms with Crippen LogP contribution in [0.2, 0.25) is 0 Å². The molecule has 2 amide bonds. The molecule has 0 radical (unpaired) electrons. The first-order valence-electron chi connectivity index (χ1n) is 7.53. The molecule has 0 atom stereocenters. The Morgan fingerprint density at radius 3 is 2.57 bits per heavy atom. The Kier molecular flexibility index (Phi) is 8.43. The van der Waals surface area contributed by atoms with Crippen molar-refractivity contribution in [1.82, 2.24) is 10.2 Å². The number of benzene rings is 1. The first kappa shape index (κ1) is 19.3.